The molecule has 1 aromatic rings. The molecular weight excluding hydrogens is 218 g/mol. The third kappa shape index (κ3) is 4.06. The van der Waals surface area contributed by atoms with Crippen molar-refractivity contribution in [1.29, 1.82) is 0 Å². The van der Waals surface area contributed by atoms with Gasteiger partial charge in [-0.25, -0.2) is 0 Å². The molecule has 90 valence electrons. The van der Waals surface area contributed by atoms with Gasteiger partial charge in [-0.3, -0.25) is 4.21 Å². The van der Waals surface area contributed by atoms with E-state index in [-0.39, 0.29) is 5.54 Å². The van der Waals surface area contributed by atoms with Crippen molar-refractivity contribution in [2.75, 3.05) is 5.75 Å². The zero-order valence-corrected chi connectivity index (χ0v) is 11.4. The highest BCUT2D eigenvalue weighted by molar-refractivity contribution is 7.84. The van der Waals surface area contributed by atoms with Crippen molar-refractivity contribution in [3.05, 3.63) is 34.9 Å². The fourth-order valence-electron chi connectivity index (χ4n) is 1.70. The molecule has 0 saturated carbocycles. The van der Waals surface area contributed by atoms with E-state index in [1.807, 2.05) is 19.9 Å². The topological polar surface area (TPSA) is 43.1 Å². The molecule has 0 amide bonds. The number of aryl methyl sites for hydroxylation is 2. The quantitative estimate of drug-likeness (QED) is 0.876. The molecule has 0 fully saturated rings. The van der Waals surface area contributed by atoms with Crippen LogP contribution in [0.3, 0.4) is 0 Å². The molecule has 0 saturated heterocycles. The van der Waals surface area contributed by atoms with Gasteiger partial charge in [0.25, 0.3) is 0 Å². The van der Waals surface area contributed by atoms with Crippen molar-refractivity contribution in [1.82, 2.24) is 0 Å². The van der Waals surface area contributed by atoms with Crippen molar-refractivity contribution < 1.29 is 4.21 Å². The molecule has 0 bridgehead atoms. The summed E-state index contributed by atoms with van der Waals surface area (Å²) in [7, 11) is -0.886. The second kappa shape index (κ2) is 5.11. The van der Waals surface area contributed by atoms with Crippen molar-refractivity contribution in [3.8, 4) is 0 Å². The molecule has 2 nitrogen and oxygen atoms in total. The summed E-state index contributed by atoms with van der Waals surface area (Å²) in [5.74, 6) is 1.15. The summed E-state index contributed by atoms with van der Waals surface area (Å²) >= 11 is 0. The van der Waals surface area contributed by atoms with Crippen LogP contribution in [-0.4, -0.2) is 15.5 Å². The van der Waals surface area contributed by atoms with Crippen LogP contribution in [0.4, 0.5) is 0 Å². The summed E-state index contributed by atoms with van der Waals surface area (Å²) in [6.45, 7) is 7.95. The first-order valence-corrected chi connectivity index (χ1v) is 6.97. The van der Waals surface area contributed by atoms with Crippen molar-refractivity contribution in [2.45, 2.75) is 39.0 Å². The molecule has 0 aromatic heterocycles. The van der Waals surface area contributed by atoms with Crippen LogP contribution in [0.5, 0.6) is 0 Å². The van der Waals surface area contributed by atoms with Gasteiger partial charge in [0.2, 0.25) is 0 Å². The first-order chi connectivity index (χ1) is 7.29. The molecule has 0 aliphatic rings. The second-order valence-electron chi connectivity index (χ2n) is 5.09. The van der Waals surface area contributed by atoms with Crippen LogP contribution in [0, 0.1) is 13.8 Å². The third-order valence-electron chi connectivity index (χ3n) is 2.48. The van der Waals surface area contributed by atoms with Gasteiger partial charge in [-0.05, 0) is 44.4 Å². The maximum atomic E-state index is 12.0. The Labute approximate surface area is 101 Å². The second-order valence-corrected chi connectivity index (χ2v) is 6.54. The highest BCUT2D eigenvalue weighted by Crippen LogP contribution is 2.16. The van der Waals surface area contributed by atoms with E-state index in [0.717, 1.165) is 0 Å². The van der Waals surface area contributed by atoms with Gasteiger partial charge in [0.1, 0.15) is 0 Å². The predicted octanol–water partition coefficient (Wildman–Crippen LogP) is 2.29. The average Bonchev–Trinajstić information content (AvgIpc) is 2.08. The Hall–Kier alpha value is -0.670. The first-order valence-electron chi connectivity index (χ1n) is 5.48. The van der Waals surface area contributed by atoms with Crippen LogP contribution in [0.15, 0.2) is 18.2 Å². The lowest BCUT2D eigenvalue weighted by molar-refractivity contribution is 0.577. The maximum absolute atomic E-state index is 12.0. The van der Waals surface area contributed by atoms with Crippen molar-refractivity contribution >= 4 is 10.8 Å². The van der Waals surface area contributed by atoms with E-state index in [0.29, 0.717) is 11.5 Å². The lowest BCUT2D eigenvalue weighted by Gasteiger charge is -2.18. The standard InChI is InChI=1S/C13H21NOS/c1-10-6-5-7-11(2)12(10)8-16(15)9-13(3,4)14/h5-7H,8-9,14H2,1-4H3. The van der Waals surface area contributed by atoms with Gasteiger partial charge in [0.05, 0.1) is 0 Å². The maximum Gasteiger partial charge on any atom is 0.0491 e. The molecule has 1 atom stereocenters. The molecule has 1 unspecified atom stereocenters. The molecule has 3 heteroatoms. The van der Waals surface area contributed by atoms with E-state index >= 15 is 0 Å². The largest absolute Gasteiger partial charge is 0.325 e. The Morgan fingerprint density at radius 2 is 1.75 bits per heavy atom. The molecule has 1 rings (SSSR count). The number of rotatable bonds is 4. The minimum absolute atomic E-state index is 0.360. The highest BCUT2D eigenvalue weighted by Gasteiger charge is 2.16. The molecule has 0 spiro atoms. The van der Waals surface area contributed by atoms with Gasteiger partial charge >= 0.3 is 0 Å². The zero-order chi connectivity index (χ0) is 12.3. The van der Waals surface area contributed by atoms with Crippen molar-refractivity contribution in [3.63, 3.8) is 0 Å². The molecular formula is C13H21NOS. The lowest BCUT2D eigenvalue weighted by Crippen LogP contribution is -2.38. The number of nitrogens with two attached hydrogens (primary N) is 1. The Morgan fingerprint density at radius 1 is 1.25 bits per heavy atom. The van der Waals surface area contributed by atoms with Crippen LogP contribution in [0.25, 0.3) is 0 Å². The highest BCUT2D eigenvalue weighted by atomic mass is 32.2. The molecule has 0 radical (unpaired) electrons. The Balaban J connectivity index is 2.78. The van der Waals surface area contributed by atoms with E-state index in [1.165, 1.54) is 16.7 Å². The molecule has 16 heavy (non-hydrogen) atoms. The summed E-state index contributed by atoms with van der Waals surface area (Å²) in [4.78, 5) is 0. The van der Waals surface area contributed by atoms with Crippen LogP contribution in [-0.2, 0) is 16.6 Å². The zero-order valence-electron chi connectivity index (χ0n) is 10.5. The van der Waals surface area contributed by atoms with E-state index < -0.39 is 10.8 Å². The molecule has 0 aliphatic heterocycles. The normalized spacial score (nSPS) is 13.8. The lowest BCUT2D eigenvalue weighted by atomic mass is 10.1. The fourth-order valence-corrected chi connectivity index (χ4v) is 3.41. The monoisotopic (exact) mass is 239 g/mol. The smallest absolute Gasteiger partial charge is 0.0491 e. The van der Waals surface area contributed by atoms with E-state index in [9.17, 15) is 4.21 Å². The van der Waals surface area contributed by atoms with Crippen LogP contribution in [0.1, 0.15) is 30.5 Å². The molecule has 1 aromatic carbocycles. The number of hydrogen-bond donors (Lipinski definition) is 1. The summed E-state index contributed by atoms with van der Waals surface area (Å²) < 4.78 is 12.0. The van der Waals surface area contributed by atoms with Gasteiger partial charge < -0.3 is 5.73 Å². The van der Waals surface area contributed by atoms with Gasteiger partial charge in [0.15, 0.2) is 0 Å². The Kier molecular flexibility index (Phi) is 4.28. The van der Waals surface area contributed by atoms with E-state index in [1.54, 1.807) is 0 Å². The van der Waals surface area contributed by atoms with Crippen LogP contribution in [0.2, 0.25) is 0 Å². The predicted molar refractivity (Wildman–Crippen MR) is 70.9 cm³/mol. The number of hydrogen-bond acceptors (Lipinski definition) is 2. The molecule has 2 N–H and O–H groups in total. The Morgan fingerprint density at radius 3 is 2.19 bits per heavy atom. The number of benzene rings is 1. The van der Waals surface area contributed by atoms with Crippen molar-refractivity contribution in [2.24, 2.45) is 5.73 Å². The molecule has 0 aliphatic carbocycles. The third-order valence-corrected chi connectivity index (χ3v) is 4.16. The summed E-state index contributed by atoms with van der Waals surface area (Å²) in [6.07, 6.45) is 0. The van der Waals surface area contributed by atoms with E-state index in [4.69, 9.17) is 5.73 Å². The average molecular weight is 239 g/mol. The fraction of sp³-hybridized carbons (Fsp3) is 0.538. The van der Waals surface area contributed by atoms with Gasteiger partial charge in [-0.1, -0.05) is 18.2 Å². The van der Waals surface area contributed by atoms with Crippen LogP contribution < -0.4 is 5.73 Å². The van der Waals surface area contributed by atoms with Crippen LogP contribution >= 0.6 is 0 Å². The van der Waals surface area contributed by atoms with Gasteiger partial charge in [-0.2, -0.15) is 0 Å². The van der Waals surface area contributed by atoms with Gasteiger partial charge in [-0.15, -0.1) is 0 Å². The van der Waals surface area contributed by atoms with Gasteiger partial charge in [0, 0.05) is 27.8 Å². The minimum atomic E-state index is -0.886. The Bertz CT molecular complexity index is 373. The minimum Gasteiger partial charge on any atom is -0.325 e. The summed E-state index contributed by atoms with van der Waals surface area (Å²) in [6, 6.07) is 6.16. The SMILES string of the molecule is Cc1cccc(C)c1CS(=O)CC(C)(C)N. The molecule has 0 heterocycles. The van der Waals surface area contributed by atoms with E-state index in [2.05, 4.69) is 26.0 Å². The first kappa shape index (κ1) is 13.4. The summed E-state index contributed by atoms with van der Waals surface area (Å²) in [5.41, 5.74) is 9.14. The summed E-state index contributed by atoms with van der Waals surface area (Å²) in [5, 5.41) is 0.